The van der Waals surface area contributed by atoms with E-state index >= 15 is 0 Å². The lowest BCUT2D eigenvalue weighted by Gasteiger charge is -2.25. The third-order valence-corrected chi connectivity index (χ3v) is 8.24. The fourth-order valence-corrected chi connectivity index (χ4v) is 6.37. The second-order valence-corrected chi connectivity index (χ2v) is 10.4. The lowest BCUT2D eigenvalue weighted by molar-refractivity contribution is -0.136. The Balaban J connectivity index is 1.74. The quantitative estimate of drug-likeness (QED) is 0.209. The molecule has 3 aromatic carbocycles. The van der Waals surface area contributed by atoms with Crippen LogP contribution in [-0.4, -0.2) is 23.4 Å². The SMILES string of the molecule is C#CCSc1ccc(/C=c2\sc3n(c2=O)[C@H](c2ccccc2)C(C(=O)OC)=C(CC)N=3)c2ccccc12. The number of terminal acetylenes is 1. The first-order valence-corrected chi connectivity index (χ1v) is 13.6. The van der Waals surface area contributed by atoms with Crippen LogP contribution in [0.3, 0.4) is 0 Å². The maximum absolute atomic E-state index is 13.9. The average molecular weight is 525 g/mol. The predicted molar refractivity (Wildman–Crippen MR) is 150 cm³/mol. The number of thioether (sulfide) groups is 1. The Kier molecular flexibility index (Phi) is 7.13. The first-order valence-electron chi connectivity index (χ1n) is 11.8. The number of fused-ring (bicyclic) bond motifs is 2. The van der Waals surface area contributed by atoms with Crippen LogP contribution < -0.4 is 14.9 Å². The van der Waals surface area contributed by atoms with Gasteiger partial charge in [0.1, 0.15) is 0 Å². The molecule has 0 spiro atoms. The van der Waals surface area contributed by atoms with Gasteiger partial charge in [-0.3, -0.25) is 9.36 Å². The van der Waals surface area contributed by atoms with Crippen LogP contribution in [0.15, 0.2) is 92.7 Å². The highest BCUT2D eigenvalue weighted by Gasteiger charge is 2.33. The third-order valence-electron chi connectivity index (χ3n) is 6.28. The fraction of sp³-hybridized carbons (Fsp3) is 0.167. The Hall–Kier alpha value is -3.86. The first kappa shape index (κ1) is 24.8. The molecular weight excluding hydrogens is 500 g/mol. The average Bonchev–Trinajstić information content (AvgIpc) is 3.25. The molecule has 0 aliphatic carbocycles. The molecule has 1 aromatic heterocycles. The van der Waals surface area contributed by atoms with E-state index in [1.807, 2.05) is 67.6 Å². The highest BCUT2D eigenvalue weighted by atomic mass is 32.2. The molecule has 0 fully saturated rings. The first-order chi connectivity index (χ1) is 18.1. The van der Waals surface area contributed by atoms with Crippen molar-refractivity contribution in [2.24, 2.45) is 4.99 Å². The molecule has 37 heavy (non-hydrogen) atoms. The van der Waals surface area contributed by atoms with Crippen LogP contribution in [-0.2, 0) is 9.53 Å². The Morgan fingerprint density at radius 1 is 1.14 bits per heavy atom. The zero-order chi connectivity index (χ0) is 25.9. The third kappa shape index (κ3) is 4.55. The molecule has 1 aliphatic rings. The molecule has 2 heterocycles. The van der Waals surface area contributed by atoms with Gasteiger partial charge in [-0.25, -0.2) is 9.79 Å². The molecule has 1 aliphatic heterocycles. The highest BCUT2D eigenvalue weighted by Crippen LogP contribution is 2.32. The second-order valence-electron chi connectivity index (χ2n) is 8.39. The molecule has 7 heteroatoms. The number of benzene rings is 3. The smallest absolute Gasteiger partial charge is 0.338 e. The Bertz CT molecular complexity index is 1760. The van der Waals surface area contributed by atoms with Gasteiger partial charge in [-0.05, 0) is 40.5 Å². The zero-order valence-corrected chi connectivity index (χ0v) is 22.1. The van der Waals surface area contributed by atoms with E-state index in [-0.39, 0.29) is 5.56 Å². The summed E-state index contributed by atoms with van der Waals surface area (Å²) >= 11 is 2.95. The second kappa shape index (κ2) is 10.6. The molecule has 5 nitrogen and oxygen atoms in total. The number of ether oxygens (including phenoxy) is 1. The van der Waals surface area contributed by atoms with Gasteiger partial charge in [-0.15, -0.1) is 18.2 Å². The number of hydrogen-bond donors (Lipinski definition) is 0. The van der Waals surface area contributed by atoms with Crippen molar-refractivity contribution in [1.82, 2.24) is 4.57 Å². The van der Waals surface area contributed by atoms with E-state index in [4.69, 9.17) is 16.2 Å². The number of nitrogens with zero attached hydrogens (tertiary/aromatic N) is 2. The summed E-state index contributed by atoms with van der Waals surface area (Å²) in [6.07, 6.45) is 7.93. The summed E-state index contributed by atoms with van der Waals surface area (Å²) in [5.74, 6) is 2.79. The van der Waals surface area contributed by atoms with Crippen molar-refractivity contribution in [3.63, 3.8) is 0 Å². The largest absolute Gasteiger partial charge is 0.466 e. The van der Waals surface area contributed by atoms with E-state index in [0.717, 1.165) is 26.8 Å². The van der Waals surface area contributed by atoms with Gasteiger partial charge >= 0.3 is 5.97 Å². The standard InChI is InChI=1S/C30H24N2O3S2/c1-4-17-36-24-16-15-20(21-13-9-10-14-22(21)24)18-25-28(33)32-27(19-11-7-6-8-12-19)26(29(34)35-3)23(5-2)31-30(32)37-25/h1,6-16,18,27H,5,17H2,2-3H3/b25-18-/t27-/m1/s1. The van der Waals surface area contributed by atoms with Gasteiger partial charge in [-0.1, -0.05) is 84.8 Å². The number of thiazole rings is 1. The lowest BCUT2D eigenvalue weighted by Crippen LogP contribution is -2.40. The number of methoxy groups -OCH3 is 1. The van der Waals surface area contributed by atoms with Gasteiger partial charge in [0, 0.05) is 4.90 Å². The van der Waals surface area contributed by atoms with Gasteiger partial charge < -0.3 is 4.74 Å². The fourth-order valence-electron chi connectivity index (χ4n) is 4.62. The van der Waals surface area contributed by atoms with E-state index in [9.17, 15) is 9.59 Å². The lowest BCUT2D eigenvalue weighted by atomic mass is 9.95. The van der Waals surface area contributed by atoms with Crippen molar-refractivity contribution >= 4 is 45.9 Å². The van der Waals surface area contributed by atoms with Crippen LogP contribution in [0.25, 0.3) is 16.8 Å². The minimum absolute atomic E-state index is 0.191. The van der Waals surface area contributed by atoms with Crippen LogP contribution in [0, 0.1) is 12.3 Å². The topological polar surface area (TPSA) is 60.7 Å². The summed E-state index contributed by atoms with van der Waals surface area (Å²) in [5, 5.41) is 2.13. The summed E-state index contributed by atoms with van der Waals surface area (Å²) in [6.45, 7) is 1.95. The minimum atomic E-state index is -0.610. The molecule has 0 amide bonds. The van der Waals surface area contributed by atoms with E-state index in [0.29, 0.717) is 32.8 Å². The van der Waals surface area contributed by atoms with Gasteiger partial charge in [0.25, 0.3) is 5.56 Å². The number of esters is 1. The van der Waals surface area contributed by atoms with Crippen LogP contribution in [0.5, 0.6) is 0 Å². The molecule has 4 aromatic rings. The van der Waals surface area contributed by atoms with Crippen LogP contribution in [0.2, 0.25) is 0 Å². The van der Waals surface area contributed by atoms with Gasteiger partial charge in [-0.2, -0.15) is 0 Å². The van der Waals surface area contributed by atoms with Gasteiger partial charge in [0.05, 0.1) is 34.7 Å². The molecule has 0 saturated carbocycles. The van der Waals surface area contributed by atoms with Gasteiger partial charge in [0.15, 0.2) is 4.80 Å². The van der Waals surface area contributed by atoms with Gasteiger partial charge in [0.2, 0.25) is 0 Å². The minimum Gasteiger partial charge on any atom is -0.466 e. The number of carbonyl (C=O) groups excluding carboxylic acids is 1. The molecule has 0 bridgehead atoms. The van der Waals surface area contributed by atoms with Crippen LogP contribution >= 0.6 is 23.1 Å². The van der Waals surface area contributed by atoms with E-state index in [1.54, 1.807) is 16.3 Å². The van der Waals surface area contributed by atoms with Crippen molar-refractivity contribution in [2.75, 3.05) is 12.9 Å². The summed E-state index contributed by atoms with van der Waals surface area (Å²) in [4.78, 5) is 33.2. The monoisotopic (exact) mass is 524 g/mol. The number of carbonyl (C=O) groups is 1. The molecule has 1 atom stereocenters. The molecule has 0 saturated heterocycles. The molecule has 5 rings (SSSR count). The summed E-state index contributed by atoms with van der Waals surface area (Å²) in [7, 11) is 1.35. The summed E-state index contributed by atoms with van der Waals surface area (Å²) < 4.78 is 7.30. The summed E-state index contributed by atoms with van der Waals surface area (Å²) in [6, 6.07) is 21.1. The number of hydrogen-bond acceptors (Lipinski definition) is 6. The Morgan fingerprint density at radius 2 is 1.86 bits per heavy atom. The maximum atomic E-state index is 13.9. The number of allylic oxidation sites excluding steroid dienone is 1. The Morgan fingerprint density at radius 3 is 2.57 bits per heavy atom. The van der Waals surface area contributed by atoms with Crippen LogP contribution in [0.4, 0.5) is 0 Å². The van der Waals surface area contributed by atoms with Crippen molar-refractivity contribution in [3.05, 3.63) is 109 Å². The molecule has 0 N–H and O–H groups in total. The van der Waals surface area contributed by atoms with Crippen molar-refractivity contribution in [1.29, 1.82) is 0 Å². The zero-order valence-electron chi connectivity index (χ0n) is 20.4. The summed E-state index contributed by atoms with van der Waals surface area (Å²) in [5.41, 5.74) is 2.61. The molecule has 0 radical (unpaired) electrons. The molecule has 0 unspecified atom stereocenters. The normalized spacial score (nSPS) is 15.3. The number of aromatic nitrogens is 1. The van der Waals surface area contributed by atoms with E-state index in [2.05, 4.69) is 18.1 Å². The van der Waals surface area contributed by atoms with Crippen LogP contribution in [0.1, 0.15) is 30.5 Å². The maximum Gasteiger partial charge on any atom is 0.338 e. The van der Waals surface area contributed by atoms with E-state index in [1.165, 1.54) is 18.4 Å². The molecule has 184 valence electrons. The van der Waals surface area contributed by atoms with Crippen molar-refractivity contribution in [2.45, 2.75) is 24.3 Å². The predicted octanol–water partition coefficient (Wildman–Crippen LogP) is 4.68. The highest BCUT2D eigenvalue weighted by molar-refractivity contribution is 7.99. The van der Waals surface area contributed by atoms with Crippen molar-refractivity contribution in [3.8, 4) is 12.3 Å². The van der Waals surface area contributed by atoms with Crippen molar-refractivity contribution < 1.29 is 9.53 Å². The Labute approximate surface area is 222 Å². The van der Waals surface area contributed by atoms with E-state index < -0.39 is 12.0 Å². The molecular formula is C30H24N2O3S2. The number of rotatable bonds is 6.